The second kappa shape index (κ2) is 7.53. The quantitative estimate of drug-likeness (QED) is 0.841. The van der Waals surface area contributed by atoms with E-state index in [1.165, 1.54) is 5.56 Å². The van der Waals surface area contributed by atoms with Gasteiger partial charge < -0.3 is 14.4 Å². The second-order valence-electron chi connectivity index (χ2n) is 6.91. The summed E-state index contributed by atoms with van der Waals surface area (Å²) in [6.07, 6.45) is 3.68. The van der Waals surface area contributed by atoms with Gasteiger partial charge in [-0.05, 0) is 23.8 Å². The summed E-state index contributed by atoms with van der Waals surface area (Å²) in [5, 5.41) is 0. The van der Waals surface area contributed by atoms with Crippen molar-refractivity contribution in [2.75, 3.05) is 44.4 Å². The van der Waals surface area contributed by atoms with Crippen LogP contribution in [0.2, 0.25) is 0 Å². The zero-order chi connectivity index (χ0) is 17.8. The standard InChI is InChI=1S/C20H23N3O3/c24-19-13-25-16-20(15-23(19)18-6-2-1-3-7-18)14-22(9-10-26-20)12-17-5-4-8-21-11-17/h1-8,11H,9-10,12-16H2. The minimum atomic E-state index is -0.511. The van der Waals surface area contributed by atoms with Crippen molar-refractivity contribution in [3.8, 4) is 0 Å². The maximum absolute atomic E-state index is 12.5. The number of rotatable bonds is 3. The first kappa shape index (κ1) is 17.1. The highest BCUT2D eigenvalue weighted by atomic mass is 16.5. The van der Waals surface area contributed by atoms with Crippen molar-refractivity contribution in [1.29, 1.82) is 0 Å². The lowest BCUT2D eigenvalue weighted by Crippen LogP contribution is -2.59. The van der Waals surface area contributed by atoms with Crippen LogP contribution >= 0.6 is 0 Å². The fraction of sp³-hybridized carbons (Fsp3) is 0.400. The summed E-state index contributed by atoms with van der Waals surface area (Å²) in [6.45, 7) is 4.03. The fourth-order valence-electron chi connectivity index (χ4n) is 3.66. The summed E-state index contributed by atoms with van der Waals surface area (Å²) < 4.78 is 11.9. The Balaban J connectivity index is 1.53. The number of amides is 1. The number of morpholine rings is 1. The summed E-state index contributed by atoms with van der Waals surface area (Å²) in [7, 11) is 0. The molecule has 2 fully saturated rings. The van der Waals surface area contributed by atoms with Gasteiger partial charge in [-0.2, -0.15) is 0 Å². The molecule has 1 atom stereocenters. The fourth-order valence-corrected chi connectivity index (χ4v) is 3.66. The normalized spacial score (nSPS) is 24.6. The molecule has 2 aliphatic rings. The van der Waals surface area contributed by atoms with Gasteiger partial charge in [0.25, 0.3) is 5.91 Å². The predicted molar refractivity (Wildman–Crippen MR) is 97.8 cm³/mol. The van der Waals surface area contributed by atoms with Gasteiger partial charge in [-0.3, -0.25) is 14.7 Å². The third kappa shape index (κ3) is 3.77. The monoisotopic (exact) mass is 353 g/mol. The van der Waals surface area contributed by atoms with E-state index in [0.29, 0.717) is 19.8 Å². The molecule has 0 aliphatic carbocycles. The van der Waals surface area contributed by atoms with Crippen molar-refractivity contribution >= 4 is 11.6 Å². The molecular weight excluding hydrogens is 330 g/mol. The van der Waals surface area contributed by atoms with Gasteiger partial charge in [0.2, 0.25) is 0 Å². The lowest BCUT2D eigenvalue weighted by molar-refractivity contribution is -0.135. The molecule has 0 N–H and O–H groups in total. The molecule has 2 aliphatic heterocycles. The minimum absolute atomic E-state index is 0.0268. The molecule has 6 nitrogen and oxygen atoms in total. The van der Waals surface area contributed by atoms with E-state index in [-0.39, 0.29) is 12.5 Å². The average molecular weight is 353 g/mol. The number of ether oxygens (including phenoxy) is 2. The molecule has 0 radical (unpaired) electrons. The van der Waals surface area contributed by atoms with E-state index in [4.69, 9.17) is 9.47 Å². The SMILES string of the molecule is O=C1COCC2(CN(Cc3cccnc3)CCO2)CN1c1ccccc1. The number of anilines is 1. The molecule has 6 heteroatoms. The zero-order valence-corrected chi connectivity index (χ0v) is 14.7. The first-order valence-corrected chi connectivity index (χ1v) is 8.93. The number of carbonyl (C=O) groups is 1. The Hall–Kier alpha value is -2.28. The summed E-state index contributed by atoms with van der Waals surface area (Å²) in [5.41, 5.74) is 1.55. The van der Waals surface area contributed by atoms with E-state index in [1.54, 1.807) is 11.1 Å². The van der Waals surface area contributed by atoms with Crippen LogP contribution < -0.4 is 4.90 Å². The van der Waals surface area contributed by atoms with Gasteiger partial charge in [0, 0.05) is 37.7 Å². The van der Waals surface area contributed by atoms with Crippen LogP contribution in [0.4, 0.5) is 5.69 Å². The van der Waals surface area contributed by atoms with Crippen molar-refractivity contribution in [2.24, 2.45) is 0 Å². The minimum Gasteiger partial charge on any atom is -0.368 e. The number of nitrogens with zero attached hydrogens (tertiary/aromatic N) is 3. The molecule has 1 unspecified atom stereocenters. The molecule has 3 heterocycles. The molecule has 1 aromatic carbocycles. The second-order valence-corrected chi connectivity index (χ2v) is 6.91. The Morgan fingerprint density at radius 1 is 1.12 bits per heavy atom. The average Bonchev–Trinajstić information content (AvgIpc) is 2.82. The highest BCUT2D eigenvalue weighted by Crippen LogP contribution is 2.27. The van der Waals surface area contributed by atoms with Crippen molar-refractivity contribution < 1.29 is 14.3 Å². The van der Waals surface area contributed by atoms with Crippen LogP contribution in [0.1, 0.15) is 5.56 Å². The first-order chi connectivity index (χ1) is 12.7. The molecule has 26 heavy (non-hydrogen) atoms. The van der Waals surface area contributed by atoms with E-state index in [9.17, 15) is 4.79 Å². The molecular formula is C20H23N3O3. The van der Waals surface area contributed by atoms with Gasteiger partial charge in [0.05, 0.1) is 19.8 Å². The van der Waals surface area contributed by atoms with E-state index < -0.39 is 5.60 Å². The Labute approximate surface area is 153 Å². The Morgan fingerprint density at radius 2 is 2.00 bits per heavy atom. The Bertz CT molecular complexity index is 740. The van der Waals surface area contributed by atoms with Crippen molar-refractivity contribution in [1.82, 2.24) is 9.88 Å². The topological polar surface area (TPSA) is 54.9 Å². The van der Waals surface area contributed by atoms with Crippen molar-refractivity contribution in [3.63, 3.8) is 0 Å². The lowest BCUT2D eigenvalue weighted by atomic mass is 10.0. The van der Waals surface area contributed by atoms with Crippen LogP contribution in [0.3, 0.4) is 0 Å². The third-order valence-electron chi connectivity index (χ3n) is 4.86. The largest absolute Gasteiger partial charge is 0.368 e. The molecule has 1 amide bonds. The number of carbonyl (C=O) groups excluding carboxylic acids is 1. The van der Waals surface area contributed by atoms with Gasteiger partial charge in [0.1, 0.15) is 12.2 Å². The Morgan fingerprint density at radius 3 is 2.81 bits per heavy atom. The molecule has 2 aromatic rings. The smallest absolute Gasteiger partial charge is 0.253 e. The van der Waals surface area contributed by atoms with Crippen molar-refractivity contribution in [3.05, 3.63) is 60.4 Å². The molecule has 0 saturated carbocycles. The van der Waals surface area contributed by atoms with Crippen LogP contribution in [0, 0.1) is 0 Å². The summed E-state index contributed by atoms with van der Waals surface area (Å²) in [6, 6.07) is 13.8. The summed E-state index contributed by atoms with van der Waals surface area (Å²) in [4.78, 5) is 20.9. The predicted octanol–water partition coefficient (Wildman–Crippen LogP) is 1.72. The summed E-state index contributed by atoms with van der Waals surface area (Å²) in [5.74, 6) is -0.0268. The van der Waals surface area contributed by atoms with Gasteiger partial charge in [-0.15, -0.1) is 0 Å². The highest BCUT2D eigenvalue weighted by Gasteiger charge is 2.42. The van der Waals surface area contributed by atoms with Crippen LogP contribution in [-0.2, 0) is 20.8 Å². The number of hydrogen-bond acceptors (Lipinski definition) is 5. The van der Waals surface area contributed by atoms with Gasteiger partial charge >= 0.3 is 0 Å². The van der Waals surface area contributed by atoms with E-state index >= 15 is 0 Å². The van der Waals surface area contributed by atoms with E-state index in [1.807, 2.05) is 42.6 Å². The molecule has 2 saturated heterocycles. The number of hydrogen-bond donors (Lipinski definition) is 0. The van der Waals surface area contributed by atoms with Crippen LogP contribution in [-0.4, -0.2) is 60.8 Å². The molecule has 4 rings (SSSR count). The number of benzene rings is 1. The van der Waals surface area contributed by atoms with Gasteiger partial charge in [-0.1, -0.05) is 24.3 Å². The molecule has 1 spiro atoms. The molecule has 0 bridgehead atoms. The maximum atomic E-state index is 12.5. The summed E-state index contributed by atoms with van der Waals surface area (Å²) >= 11 is 0. The maximum Gasteiger partial charge on any atom is 0.253 e. The first-order valence-electron chi connectivity index (χ1n) is 8.93. The molecule has 136 valence electrons. The Kier molecular flexibility index (Phi) is 4.97. The van der Waals surface area contributed by atoms with Crippen LogP contribution in [0.25, 0.3) is 0 Å². The number of aromatic nitrogens is 1. The van der Waals surface area contributed by atoms with Crippen LogP contribution in [0.5, 0.6) is 0 Å². The zero-order valence-electron chi connectivity index (χ0n) is 14.7. The van der Waals surface area contributed by atoms with E-state index in [0.717, 1.165) is 25.3 Å². The van der Waals surface area contributed by atoms with E-state index in [2.05, 4.69) is 16.0 Å². The van der Waals surface area contributed by atoms with Crippen molar-refractivity contribution in [2.45, 2.75) is 12.1 Å². The van der Waals surface area contributed by atoms with Gasteiger partial charge in [0.15, 0.2) is 0 Å². The highest BCUT2D eigenvalue weighted by molar-refractivity contribution is 5.94. The lowest BCUT2D eigenvalue weighted by Gasteiger charge is -2.43. The van der Waals surface area contributed by atoms with Gasteiger partial charge in [-0.25, -0.2) is 0 Å². The van der Waals surface area contributed by atoms with Crippen LogP contribution in [0.15, 0.2) is 54.9 Å². The number of para-hydroxylation sites is 1. The third-order valence-corrected chi connectivity index (χ3v) is 4.86. The molecule has 1 aromatic heterocycles. The number of pyridine rings is 1.